The molecule has 3 rings (SSSR count). The predicted molar refractivity (Wildman–Crippen MR) is 151 cm³/mol. The molecule has 0 heterocycles. The summed E-state index contributed by atoms with van der Waals surface area (Å²) in [6, 6.07) is 24.4. The van der Waals surface area contributed by atoms with Crippen LogP contribution in [-0.4, -0.2) is 35.9 Å². The van der Waals surface area contributed by atoms with Crippen LogP contribution in [0.4, 0.5) is 0 Å². The number of carbonyl (C=O) groups is 2. The highest BCUT2D eigenvalue weighted by molar-refractivity contribution is 14.1. The third-order valence-electron chi connectivity index (χ3n) is 5.40. The second kappa shape index (κ2) is 13.6. The lowest BCUT2D eigenvalue weighted by Gasteiger charge is -2.31. The van der Waals surface area contributed by atoms with Crippen molar-refractivity contribution in [1.82, 2.24) is 10.2 Å². The maximum atomic E-state index is 13.5. The number of amides is 2. The van der Waals surface area contributed by atoms with Gasteiger partial charge in [-0.2, -0.15) is 0 Å². The van der Waals surface area contributed by atoms with Gasteiger partial charge in [-0.1, -0.05) is 72.2 Å². The Balaban J connectivity index is 1.88. The van der Waals surface area contributed by atoms with Gasteiger partial charge in [0.05, 0.1) is 0 Å². The number of ether oxygens (including phenoxy) is 1. The van der Waals surface area contributed by atoms with E-state index in [1.54, 1.807) is 4.90 Å². The first-order valence-corrected chi connectivity index (χ1v) is 13.4. The van der Waals surface area contributed by atoms with Gasteiger partial charge in [-0.3, -0.25) is 9.59 Å². The Morgan fingerprint density at radius 3 is 2.23 bits per heavy atom. The summed E-state index contributed by atoms with van der Waals surface area (Å²) < 4.78 is 7.85. The van der Waals surface area contributed by atoms with Crippen LogP contribution in [0.2, 0.25) is 0 Å². The van der Waals surface area contributed by atoms with Crippen LogP contribution in [0, 0.1) is 9.49 Å². The zero-order chi connectivity index (χ0) is 25.2. The van der Waals surface area contributed by atoms with Crippen molar-refractivity contribution in [1.29, 1.82) is 0 Å². The SMILES string of the molecule is CC(C)CNC(=O)[C@@H](Cc1ccccc1)N(Cc1ccc(Br)cc1)C(=O)COc1ccc(I)cc1. The van der Waals surface area contributed by atoms with E-state index in [9.17, 15) is 9.59 Å². The normalized spacial score (nSPS) is 11.7. The van der Waals surface area contributed by atoms with E-state index < -0.39 is 6.04 Å². The molecule has 0 saturated carbocycles. The zero-order valence-electron chi connectivity index (χ0n) is 19.9. The number of benzene rings is 3. The van der Waals surface area contributed by atoms with E-state index in [0.717, 1.165) is 19.2 Å². The lowest BCUT2D eigenvalue weighted by molar-refractivity contribution is -0.142. The van der Waals surface area contributed by atoms with Crippen molar-refractivity contribution in [3.63, 3.8) is 0 Å². The Morgan fingerprint density at radius 1 is 0.943 bits per heavy atom. The Bertz CT molecular complexity index is 1090. The Morgan fingerprint density at radius 2 is 1.60 bits per heavy atom. The number of nitrogens with one attached hydrogen (secondary N) is 1. The van der Waals surface area contributed by atoms with Crippen LogP contribution in [0.3, 0.4) is 0 Å². The molecular formula is C28H30BrIN2O3. The van der Waals surface area contributed by atoms with Gasteiger partial charge in [0.15, 0.2) is 6.61 Å². The molecule has 184 valence electrons. The molecule has 0 radical (unpaired) electrons. The molecule has 35 heavy (non-hydrogen) atoms. The smallest absolute Gasteiger partial charge is 0.261 e. The van der Waals surface area contributed by atoms with E-state index in [0.29, 0.717) is 31.2 Å². The maximum absolute atomic E-state index is 13.5. The molecule has 0 unspecified atom stereocenters. The highest BCUT2D eigenvalue weighted by Gasteiger charge is 2.30. The average Bonchev–Trinajstić information content (AvgIpc) is 2.86. The summed E-state index contributed by atoms with van der Waals surface area (Å²) in [5.41, 5.74) is 1.93. The number of nitrogens with zero attached hydrogens (tertiary/aromatic N) is 1. The van der Waals surface area contributed by atoms with Gasteiger partial charge in [0, 0.05) is 27.6 Å². The van der Waals surface area contributed by atoms with Crippen molar-refractivity contribution >= 4 is 50.3 Å². The molecule has 0 aliphatic heterocycles. The summed E-state index contributed by atoms with van der Waals surface area (Å²) in [5.74, 6) is 0.511. The van der Waals surface area contributed by atoms with Gasteiger partial charge in [-0.25, -0.2) is 0 Å². The molecule has 0 aromatic heterocycles. The molecule has 3 aromatic carbocycles. The number of hydrogen-bond donors (Lipinski definition) is 1. The third kappa shape index (κ3) is 8.96. The minimum Gasteiger partial charge on any atom is -0.484 e. The lowest BCUT2D eigenvalue weighted by atomic mass is 10.0. The first kappa shape index (κ1) is 27.2. The molecule has 1 N–H and O–H groups in total. The van der Waals surface area contributed by atoms with Gasteiger partial charge in [0.25, 0.3) is 5.91 Å². The van der Waals surface area contributed by atoms with Crippen molar-refractivity contribution < 1.29 is 14.3 Å². The molecule has 0 bridgehead atoms. The van der Waals surface area contributed by atoms with Crippen molar-refractivity contribution in [2.24, 2.45) is 5.92 Å². The van der Waals surface area contributed by atoms with Crippen LogP contribution in [0.25, 0.3) is 0 Å². The fourth-order valence-corrected chi connectivity index (χ4v) is 4.15. The van der Waals surface area contributed by atoms with Crippen LogP contribution < -0.4 is 10.1 Å². The first-order chi connectivity index (χ1) is 16.8. The van der Waals surface area contributed by atoms with Crippen LogP contribution in [0.15, 0.2) is 83.3 Å². The van der Waals surface area contributed by atoms with E-state index in [1.807, 2.05) is 92.7 Å². The number of hydrogen-bond acceptors (Lipinski definition) is 3. The van der Waals surface area contributed by atoms with Crippen LogP contribution in [-0.2, 0) is 22.6 Å². The van der Waals surface area contributed by atoms with Gasteiger partial charge < -0.3 is 15.0 Å². The quantitative estimate of drug-likeness (QED) is 0.266. The molecule has 7 heteroatoms. The van der Waals surface area contributed by atoms with E-state index in [-0.39, 0.29) is 18.4 Å². The molecule has 5 nitrogen and oxygen atoms in total. The van der Waals surface area contributed by atoms with E-state index in [4.69, 9.17) is 4.74 Å². The molecule has 0 fully saturated rings. The summed E-state index contributed by atoms with van der Waals surface area (Å²) in [6.07, 6.45) is 0.413. The predicted octanol–water partition coefficient (Wildman–Crippen LogP) is 5.84. The highest BCUT2D eigenvalue weighted by atomic mass is 127. The maximum Gasteiger partial charge on any atom is 0.261 e. The van der Waals surface area contributed by atoms with Gasteiger partial charge in [-0.15, -0.1) is 0 Å². The fraction of sp³-hybridized carbons (Fsp3) is 0.286. The fourth-order valence-electron chi connectivity index (χ4n) is 3.52. The molecular weight excluding hydrogens is 619 g/mol. The molecule has 0 spiro atoms. The van der Waals surface area contributed by atoms with Crippen molar-refractivity contribution in [3.05, 3.63) is 98.0 Å². The molecule has 1 atom stereocenters. The monoisotopic (exact) mass is 648 g/mol. The highest BCUT2D eigenvalue weighted by Crippen LogP contribution is 2.18. The van der Waals surface area contributed by atoms with E-state index in [2.05, 4.69) is 43.8 Å². The minimum absolute atomic E-state index is 0.153. The Kier molecular flexibility index (Phi) is 10.6. The molecule has 3 aromatic rings. The summed E-state index contributed by atoms with van der Waals surface area (Å²) in [5, 5.41) is 3.03. The number of rotatable bonds is 11. The van der Waals surface area contributed by atoms with Crippen LogP contribution >= 0.6 is 38.5 Å². The van der Waals surface area contributed by atoms with Gasteiger partial charge in [-0.05, 0) is 76.0 Å². The standard InChI is InChI=1S/C28H30BrIN2O3/c1-20(2)17-31-28(34)26(16-21-6-4-3-5-7-21)32(18-22-8-10-23(29)11-9-22)27(33)19-35-25-14-12-24(30)13-15-25/h3-15,20,26H,16-19H2,1-2H3,(H,31,34)/t26-/m1/s1. The average molecular weight is 649 g/mol. The topological polar surface area (TPSA) is 58.6 Å². The number of halogens is 2. The molecule has 0 aliphatic rings. The molecule has 0 aliphatic carbocycles. The van der Waals surface area contributed by atoms with Gasteiger partial charge in [0.1, 0.15) is 11.8 Å². The second-order valence-electron chi connectivity index (χ2n) is 8.74. The van der Waals surface area contributed by atoms with Crippen molar-refractivity contribution in [3.8, 4) is 5.75 Å². The van der Waals surface area contributed by atoms with E-state index in [1.165, 1.54) is 0 Å². The van der Waals surface area contributed by atoms with Crippen LogP contribution in [0.5, 0.6) is 5.75 Å². The Labute approximate surface area is 229 Å². The minimum atomic E-state index is -0.674. The first-order valence-electron chi connectivity index (χ1n) is 11.6. The molecule has 0 saturated heterocycles. The van der Waals surface area contributed by atoms with Crippen molar-refractivity contribution in [2.75, 3.05) is 13.2 Å². The lowest BCUT2D eigenvalue weighted by Crippen LogP contribution is -2.52. The second-order valence-corrected chi connectivity index (χ2v) is 10.9. The van der Waals surface area contributed by atoms with Gasteiger partial charge >= 0.3 is 0 Å². The van der Waals surface area contributed by atoms with Gasteiger partial charge in [0.2, 0.25) is 5.91 Å². The Hall–Kier alpha value is -2.39. The molecule has 2 amide bonds. The summed E-state index contributed by atoms with van der Waals surface area (Å²) in [6.45, 7) is 4.79. The van der Waals surface area contributed by atoms with Crippen molar-refractivity contribution in [2.45, 2.75) is 32.9 Å². The summed E-state index contributed by atoms with van der Waals surface area (Å²) in [7, 11) is 0. The largest absolute Gasteiger partial charge is 0.484 e. The number of carbonyl (C=O) groups excluding carboxylic acids is 2. The zero-order valence-corrected chi connectivity index (χ0v) is 23.7. The van der Waals surface area contributed by atoms with Crippen LogP contribution in [0.1, 0.15) is 25.0 Å². The summed E-state index contributed by atoms with van der Waals surface area (Å²) >= 11 is 5.69. The third-order valence-corrected chi connectivity index (χ3v) is 6.65. The van der Waals surface area contributed by atoms with E-state index >= 15 is 0 Å². The summed E-state index contributed by atoms with van der Waals surface area (Å²) in [4.78, 5) is 28.6.